The van der Waals surface area contributed by atoms with Crippen molar-refractivity contribution >= 4 is 22.8 Å². The Kier molecular flexibility index (Phi) is 4.08. The maximum atomic E-state index is 12.0. The fourth-order valence-corrected chi connectivity index (χ4v) is 2.00. The first-order valence-corrected chi connectivity index (χ1v) is 6.47. The van der Waals surface area contributed by atoms with Crippen LogP contribution >= 0.6 is 0 Å². The molecule has 5 nitrogen and oxygen atoms in total. The summed E-state index contributed by atoms with van der Waals surface area (Å²) in [5.41, 5.74) is 3.38. The third kappa shape index (κ3) is 2.99. The molecule has 0 radical (unpaired) electrons. The molecule has 0 saturated heterocycles. The minimum Gasteiger partial charge on any atom is -0.481 e. The largest absolute Gasteiger partial charge is 0.481 e. The van der Waals surface area contributed by atoms with Crippen molar-refractivity contribution < 1.29 is 19.1 Å². The predicted octanol–water partition coefficient (Wildman–Crippen LogP) is 2.64. The van der Waals surface area contributed by atoms with E-state index in [1.807, 2.05) is 26.0 Å². The van der Waals surface area contributed by atoms with Crippen LogP contribution in [0.1, 0.15) is 34.3 Å². The van der Waals surface area contributed by atoms with E-state index < -0.39 is 5.97 Å². The van der Waals surface area contributed by atoms with Gasteiger partial charge in [0.15, 0.2) is 0 Å². The minimum atomic E-state index is -0.862. The molecule has 2 aromatic rings. The summed E-state index contributed by atoms with van der Waals surface area (Å²) in [5.74, 6) is -1.10. The van der Waals surface area contributed by atoms with Crippen LogP contribution in [0.15, 0.2) is 22.8 Å². The van der Waals surface area contributed by atoms with E-state index in [1.165, 1.54) is 6.26 Å². The maximum Gasteiger partial charge on any atom is 0.303 e. The van der Waals surface area contributed by atoms with Crippen LogP contribution in [0, 0.1) is 13.8 Å². The van der Waals surface area contributed by atoms with Gasteiger partial charge in [-0.1, -0.05) is 0 Å². The smallest absolute Gasteiger partial charge is 0.303 e. The molecule has 1 heterocycles. The van der Waals surface area contributed by atoms with E-state index >= 15 is 0 Å². The van der Waals surface area contributed by atoms with Gasteiger partial charge in [-0.25, -0.2) is 0 Å². The quantitative estimate of drug-likeness (QED) is 0.822. The molecule has 0 atom stereocenters. The van der Waals surface area contributed by atoms with Crippen LogP contribution in [0.5, 0.6) is 0 Å². The molecule has 20 heavy (non-hydrogen) atoms. The zero-order valence-corrected chi connectivity index (χ0v) is 11.5. The van der Waals surface area contributed by atoms with Gasteiger partial charge >= 0.3 is 5.97 Å². The molecule has 2 rings (SSSR count). The number of hydrogen-bond donors (Lipinski definition) is 2. The van der Waals surface area contributed by atoms with Gasteiger partial charge in [0.05, 0.1) is 5.56 Å². The number of carboxylic acids is 1. The average molecular weight is 275 g/mol. The van der Waals surface area contributed by atoms with Crippen LogP contribution in [0.2, 0.25) is 0 Å². The number of fused-ring (bicyclic) bond motifs is 1. The predicted molar refractivity (Wildman–Crippen MR) is 74.9 cm³/mol. The number of benzene rings is 1. The molecule has 0 saturated carbocycles. The zero-order chi connectivity index (χ0) is 14.7. The molecule has 1 amide bonds. The van der Waals surface area contributed by atoms with E-state index in [0.717, 1.165) is 16.5 Å². The van der Waals surface area contributed by atoms with Crippen molar-refractivity contribution in [2.75, 3.05) is 6.54 Å². The van der Waals surface area contributed by atoms with Crippen molar-refractivity contribution in [3.05, 3.63) is 35.1 Å². The lowest BCUT2D eigenvalue weighted by Gasteiger charge is -2.03. The van der Waals surface area contributed by atoms with Crippen LogP contribution in [0.25, 0.3) is 11.0 Å². The van der Waals surface area contributed by atoms with Crippen LogP contribution in [-0.4, -0.2) is 23.5 Å². The first-order chi connectivity index (χ1) is 9.49. The number of aliphatic carboxylic acids is 1. The van der Waals surface area contributed by atoms with Gasteiger partial charge in [-0.05, 0) is 43.5 Å². The van der Waals surface area contributed by atoms with Gasteiger partial charge in [0.1, 0.15) is 11.8 Å². The van der Waals surface area contributed by atoms with Gasteiger partial charge in [-0.2, -0.15) is 0 Å². The minimum absolute atomic E-state index is 0.0463. The van der Waals surface area contributed by atoms with E-state index in [1.54, 1.807) is 0 Å². The number of aryl methyl sites for hydroxylation is 2. The van der Waals surface area contributed by atoms with Crippen LogP contribution < -0.4 is 5.32 Å². The number of furan rings is 1. The van der Waals surface area contributed by atoms with E-state index in [-0.39, 0.29) is 12.3 Å². The molecular formula is C15H17NO4. The van der Waals surface area contributed by atoms with Gasteiger partial charge in [0.25, 0.3) is 5.91 Å². The van der Waals surface area contributed by atoms with Crippen molar-refractivity contribution in [1.82, 2.24) is 5.32 Å². The second-order valence-corrected chi connectivity index (χ2v) is 4.84. The van der Waals surface area contributed by atoms with Crippen LogP contribution in [0.3, 0.4) is 0 Å². The van der Waals surface area contributed by atoms with E-state index in [4.69, 9.17) is 9.52 Å². The molecule has 0 aliphatic rings. The average Bonchev–Trinajstić information content (AvgIpc) is 2.77. The Morgan fingerprint density at radius 1 is 1.25 bits per heavy atom. The van der Waals surface area contributed by atoms with E-state index in [9.17, 15) is 9.59 Å². The summed E-state index contributed by atoms with van der Waals surface area (Å²) >= 11 is 0. The Morgan fingerprint density at radius 2 is 1.95 bits per heavy atom. The lowest BCUT2D eigenvalue weighted by molar-refractivity contribution is -0.137. The molecule has 2 N–H and O–H groups in total. The number of amides is 1. The molecule has 5 heteroatoms. The SMILES string of the molecule is Cc1cc2occ(C(=O)NCCCC(=O)O)c2cc1C. The summed E-state index contributed by atoms with van der Waals surface area (Å²) in [6, 6.07) is 3.84. The van der Waals surface area contributed by atoms with Gasteiger partial charge in [-0.15, -0.1) is 0 Å². The fraction of sp³-hybridized carbons (Fsp3) is 0.333. The summed E-state index contributed by atoms with van der Waals surface area (Å²) in [6.45, 7) is 4.31. The van der Waals surface area contributed by atoms with Crippen molar-refractivity contribution in [2.24, 2.45) is 0 Å². The number of rotatable bonds is 5. The summed E-state index contributed by atoms with van der Waals surface area (Å²) in [4.78, 5) is 22.4. The number of carbonyl (C=O) groups excluding carboxylic acids is 1. The molecule has 0 spiro atoms. The molecule has 106 valence electrons. The van der Waals surface area contributed by atoms with Crippen molar-refractivity contribution in [3.8, 4) is 0 Å². The number of carboxylic acid groups (broad SMARTS) is 1. The molecule has 0 unspecified atom stereocenters. The monoisotopic (exact) mass is 275 g/mol. The van der Waals surface area contributed by atoms with Gasteiger partial charge in [0.2, 0.25) is 0 Å². The van der Waals surface area contributed by atoms with E-state index in [0.29, 0.717) is 24.1 Å². The lowest BCUT2D eigenvalue weighted by atomic mass is 10.1. The Hall–Kier alpha value is -2.30. The van der Waals surface area contributed by atoms with Gasteiger partial charge < -0.3 is 14.8 Å². The van der Waals surface area contributed by atoms with Crippen LogP contribution in [0.4, 0.5) is 0 Å². The van der Waals surface area contributed by atoms with E-state index in [2.05, 4.69) is 5.32 Å². The third-order valence-electron chi connectivity index (χ3n) is 3.29. The van der Waals surface area contributed by atoms with Crippen molar-refractivity contribution in [1.29, 1.82) is 0 Å². The molecular weight excluding hydrogens is 258 g/mol. The third-order valence-corrected chi connectivity index (χ3v) is 3.29. The molecule has 1 aromatic heterocycles. The number of hydrogen-bond acceptors (Lipinski definition) is 3. The standard InChI is InChI=1S/C15H17NO4/c1-9-6-11-12(8-20-13(11)7-10(9)2)15(19)16-5-3-4-14(17)18/h6-8H,3-5H2,1-2H3,(H,16,19)(H,17,18). The van der Waals surface area contributed by atoms with Gasteiger partial charge in [-0.3, -0.25) is 9.59 Å². The Balaban J connectivity index is 2.10. The Labute approximate surface area is 116 Å². The maximum absolute atomic E-state index is 12.0. The first-order valence-electron chi connectivity index (χ1n) is 6.47. The number of carbonyl (C=O) groups is 2. The highest BCUT2D eigenvalue weighted by atomic mass is 16.4. The molecule has 1 aromatic carbocycles. The molecule has 0 bridgehead atoms. The van der Waals surface area contributed by atoms with Gasteiger partial charge in [0, 0.05) is 18.4 Å². The summed E-state index contributed by atoms with van der Waals surface area (Å²) in [5, 5.41) is 12.0. The fourth-order valence-electron chi connectivity index (χ4n) is 2.00. The molecule has 0 fully saturated rings. The molecule has 0 aliphatic carbocycles. The summed E-state index contributed by atoms with van der Waals surface area (Å²) < 4.78 is 5.40. The summed E-state index contributed by atoms with van der Waals surface area (Å²) in [6.07, 6.45) is 1.90. The molecule has 0 aliphatic heterocycles. The Morgan fingerprint density at radius 3 is 2.65 bits per heavy atom. The Bertz CT molecular complexity index is 657. The second-order valence-electron chi connectivity index (χ2n) is 4.84. The highest BCUT2D eigenvalue weighted by Crippen LogP contribution is 2.24. The highest BCUT2D eigenvalue weighted by molar-refractivity contribution is 6.06. The van der Waals surface area contributed by atoms with Crippen molar-refractivity contribution in [2.45, 2.75) is 26.7 Å². The van der Waals surface area contributed by atoms with Crippen molar-refractivity contribution in [3.63, 3.8) is 0 Å². The highest BCUT2D eigenvalue weighted by Gasteiger charge is 2.14. The summed E-state index contributed by atoms with van der Waals surface area (Å²) in [7, 11) is 0. The topological polar surface area (TPSA) is 79.5 Å². The normalized spacial score (nSPS) is 10.7. The lowest BCUT2D eigenvalue weighted by Crippen LogP contribution is -2.24. The first kappa shape index (κ1) is 14.1. The zero-order valence-electron chi connectivity index (χ0n) is 11.5. The number of nitrogens with one attached hydrogen (secondary N) is 1. The van der Waals surface area contributed by atoms with Crippen LogP contribution in [-0.2, 0) is 4.79 Å². The second kappa shape index (κ2) is 5.77.